The average Bonchev–Trinajstić information content (AvgIpc) is 2.98. The molecule has 2 aromatic rings. The predicted octanol–water partition coefficient (Wildman–Crippen LogP) is -0.685. The van der Waals surface area contributed by atoms with Crippen LogP contribution in [0.25, 0.3) is 0 Å². The van der Waals surface area contributed by atoms with E-state index < -0.39 is 61.4 Å². The van der Waals surface area contributed by atoms with Crippen molar-refractivity contribution in [3.8, 4) is 12.3 Å². The Morgan fingerprint density at radius 2 is 1.12 bits per heavy atom. The number of benzene rings is 2. The molecule has 2 fully saturated rings. The second-order valence-corrected chi connectivity index (χ2v) is 10.0. The van der Waals surface area contributed by atoms with E-state index in [1.165, 1.54) is 4.90 Å². The Kier molecular flexibility index (Phi) is 11.0. The van der Waals surface area contributed by atoms with Gasteiger partial charge in [0.1, 0.15) is 36.6 Å². The first-order chi connectivity index (χ1) is 19.3. The van der Waals surface area contributed by atoms with Gasteiger partial charge in [0.05, 0.1) is 32.0 Å². The second-order valence-electron chi connectivity index (χ2n) is 10.0. The molecular formula is C29H37NO10. The minimum atomic E-state index is -1.51. The molecule has 0 aromatic heterocycles. The smallest absolute Gasteiger partial charge is 0.184 e. The molecule has 218 valence electrons. The highest BCUT2D eigenvalue weighted by molar-refractivity contribution is 5.17. The molecule has 0 saturated carbocycles. The maximum absolute atomic E-state index is 10.9. The van der Waals surface area contributed by atoms with E-state index in [0.717, 1.165) is 0 Å². The molecule has 0 amide bonds. The molecule has 6 N–H and O–H groups in total. The van der Waals surface area contributed by atoms with Gasteiger partial charge in [0.15, 0.2) is 12.6 Å². The summed E-state index contributed by atoms with van der Waals surface area (Å²) in [7, 11) is 0. The van der Waals surface area contributed by atoms with Crippen LogP contribution in [0.2, 0.25) is 0 Å². The lowest BCUT2D eigenvalue weighted by Gasteiger charge is -2.40. The zero-order valence-electron chi connectivity index (χ0n) is 21.9. The van der Waals surface area contributed by atoms with Crippen LogP contribution in [0.3, 0.4) is 0 Å². The molecule has 0 bridgehead atoms. The number of terminal acetylenes is 1. The molecule has 0 aliphatic carbocycles. The Bertz CT molecular complexity index is 992. The molecule has 4 rings (SSSR count). The predicted molar refractivity (Wildman–Crippen MR) is 141 cm³/mol. The van der Waals surface area contributed by atoms with Crippen molar-refractivity contribution < 1.29 is 49.6 Å². The number of rotatable bonds is 11. The number of aliphatic hydroxyl groups excluding tert-OH is 6. The summed E-state index contributed by atoms with van der Waals surface area (Å²) in [5.41, 5.74) is 1.39. The minimum Gasteiger partial charge on any atom is -0.389 e. The second kappa shape index (κ2) is 14.5. The number of aliphatic hydroxyl groups is 6. The van der Waals surface area contributed by atoms with Crippen molar-refractivity contribution in [3.63, 3.8) is 0 Å². The van der Waals surface area contributed by atoms with Crippen LogP contribution in [0.4, 0.5) is 0 Å². The SMILES string of the molecule is C#CCN(C[C@H](O)C(O)[C@@H]1OC(c2ccccc2)OC[C@H]1O)C[C@H](O)[C@@H](O)[C@@H]1OC(c2ccccc2)OC[C@H]1O. The quantitative estimate of drug-likeness (QED) is 0.194. The number of nitrogens with zero attached hydrogens (tertiary/aromatic N) is 1. The van der Waals surface area contributed by atoms with Crippen molar-refractivity contribution in [2.45, 2.75) is 61.4 Å². The molecule has 0 spiro atoms. The van der Waals surface area contributed by atoms with Crippen molar-refractivity contribution in [3.05, 3.63) is 71.8 Å². The first-order valence-corrected chi connectivity index (χ1v) is 13.2. The fourth-order valence-corrected chi connectivity index (χ4v) is 4.81. The van der Waals surface area contributed by atoms with Crippen LogP contribution in [-0.2, 0) is 18.9 Å². The molecular weight excluding hydrogens is 522 g/mol. The van der Waals surface area contributed by atoms with E-state index in [9.17, 15) is 30.6 Å². The highest BCUT2D eigenvalue weighted by Crippen LogP contribution is 2.30. The van der Waals surface area contributed by atoms with E-state index in [4.69, 9.17) is 25.4 Å². The third kappa shape index (κ3) is 7.64. The molecule has 11 nitrogen and oxygen atoms in total. The standard InChI is InChI=1S/C29H37NO10/c1-2-13-30(14-20(31)24(35)26-22(33)16-37-28(39-26)18-9-5-3-6-10-18)15-21(32)25(36)27-23(34)17-38-29(40-27)19-11-7-4-8-12-19/h1,3-12,20-29,31-36H,13-17H2/t20-,21-,22+,23+,24+,25?,26+,27+,28?,29?/m0/s1. The normalized spacial score (nSPS) is 30.2. The van der Waals surface area contributed by atoms with Gasteiger partial charge in [-0.1, -0.05) is 66.6 Å². The Hall–Kier alpha value is -2.44. The Morgan fingerprint density at radius 3 is 1.50 bits per heavy atom. The van der Waals surface area contributed by atoms with Crippen molar-refractivity contribution >= 4 is 0 Å². The summed E-state index contributed by atoms with van der Waals surface area (Å²) < 4.78 is 22.6. The molecule has 2 aliphatic rings. The zero-order chi connectivity index (χ0) is 28.6. The molecule has 10 atom stereocenters. The fourth-order valence-electron chi connectivity index (χ4n) is 4.81. The maximum atomic E-state index is 10.9. The summed E-state index contributed by atoms with van der Waals surface area (Å²) in [6, 6.07) is 18.0. The monoisotopic (exact) mass is 559 g/mol. The van der Waals surface area contributed by atoms with Gasteiger partial charge in [-0.2, -0.15) is 0 Å². The lowest BCUT2D eigenvalue weighted by atomic mass is 9.99. The van der Waals surface area contributed by atoms with E-state index in [-0.39, 0.29) is 32.8 Å². The van der Waals surface area contributed by atoms with Gasteiger partial charge in [0, 0.05) is 24.2 Å². The van der Waals surface area contributed by atoms with Gasteiger partial charge < -0.3 is 49.6 Å². The van der Waals surface area contributed by atoms with Crippen molar-refractivity contribution in [2.75, 3.05) is 32.8 Å². The molecule has 2 aliphatic heterocycles. The van der Waals surface area contributed by atoms with Crippen LogP contribution in [-0.4, -0.2) is 117 Å². The lowest BCUT2D eigenvalue weighted by Crippen LogP contribution is -2.56. The van der Waals surface area contributed by atoms with Crippen LogP contribution in [0.1, 0.15) is 23.7 Å². The zero-order valence-corrected chi connectivity index (χ0v) is 21.9. The largest absolute Gasteiger partial charge is 0.389 e. The summed E-state index contributed by atoms with van der Waals surface area (Å²) in [5, 5.41) is 64.2. The first-order valence-electron chi connectivity index (χ1n) is 13.2. The highest BCUT2D eigenvalue weighted by Gasteiger charge is 2.42. The Labute approximate surface area is 233 Å². The van der Waals surface area contributed by atoms with Crippen molar-refractivity contribution in [1.29, 1.82) is 0 Å². The van der Waals surface area contributed by atoms with Gasteiger partial charge in [-0.15, -0.1) is 6.42 Å². The van der Waals surface area contributed by atoms with Gasteiger partial charge in [-0.05, 0) is 0 Å². The van der Waals surface area contributed by atoms with E-state index in [0.29, 0.717) is 11.1 Å². The van der Waals surface area contributed by atoms with Gasteiger partial charge in [-0.3, -0.25) is 4.90 Å². The van der Waals surface area contributed by atoms with Crippen molar-refractivity contribution in [1.82, 2.24) is 4.90 Å². The van der Waals surface area contributed by atoms with Gasteiger partial charge in [-0.25, -0.2) is 0 Å². The molecule has 11 heteroatoms. The minimum absolute atomic E-state index is 0.0266. The van der Waals surface area contributed by atoms with E-state index in [1.54, 1.807) is 48.5 Å². The van der Waals surface area contributed by atoms with Crippen LogP contribution in [0, 0.1) is 12.3 Å². The third-order valence-corrected chi connectivity index (χ3v) is 6.97. The fraction of sp³-hybridized carbons (Fsp3) is 0.517. The first kappa shape index (κ1) is 30.5. The number of ether oxygens (including phenoxy) is 4. The van der Waals surface area contributed by atoms with Crippen LogP contribution in [0.15, 0.2) is 60.7 Å². The Balaban J connectivity index is 1.35. The molecule has 0 radical (unpaired) electrons. The van der Waals surface area contributed by atoms with Gasteiger partial charge in [0.25, 0.3) is 0 Å². The summed E-state index contributed by atoms with van der Waals surface area (Å²) in [5.74, 6) is 2.43. The summed E-state index contributed by atoms with van der Waals surface area (Å²) >= 11 is 0. The molecule has 2 aromatic carbocycles. The van der Waals surface area contributed by atoms with Gasteiger partial charge in [0.2, 0.25) is 0 Å². The molecule has 3 unspecified atom stereocenters. The van der Waals surface area contributed by atoms with Crippen LogP contribution < -0.4 is 0 Å². The topological polar surface area (TPSA) is 162 Å². The lowest BCUT2D eigenvalue weighted by molar-refractivity contribution is -0.285. The van der Waals surface area contributed by atoms with Crippen molar-refractivity contribution in [2.24, 2.45) is 0 Å². The maximum Gasteiger partial charge on any atom is 0.184 e. The molecule has 2 saturated heterocycles. The number of hydrogen-bond acceptors (Lipinski definition) is 11. The van der Waals surface area contributed by atoms with E-state index >= 15 is 0 Å². The summed E-state index contributed by atoms with van der Waals surface area (Å²) in [6.45, 7) is -0.652. The highest BCUT2D eigenvalue weighted by atomic mass is 16.7. The molecule has 40 heavy (non-hydrogen) atoms. The van der Waals surface area contributed by atoms with E-state index in [1.807, 2.05) is 12.1 Å². The van der Waals surface area contributed by atoms with Crippen LogP contribution in [0.5, 0.6) is 0 Å². The van der Waals surface area contributed by atoms with Crippen LogP contribution >= 0.6 is 0 Å². The molecule has 2 heterocycles. The average molecular weight is 560 g/mol. The number of hydrogen-bond donors (Lipinski definition) is 6. The van der Waals surface area contributed by atoms with E-state index in [2.05, 4.69) is 5.92 Å². The van der Waals surface area contributed by atoms with Gasteiger partial charge >= 0.3 is 0 Å². The summed E-state index contributed by atoms with van der Waals surface area (Å²) in [6.07, 6.45) is -6.76. The summed E-state index contributed by atoms with van der Waals surface area (Å²) in [4.78, 5) is 1.46. The Morgan fingerprint density at radius 1 is 0.725 bits per heavy atom. The third-order valence-electron chi connectivity index (χ3n) is 6.97.